The number of hydrogen-bond acceptors (Lipinski definition) is 4. The van der Waals surface area contributed by atoms with Crippen LogP contribution in [0.15, 0.2) is 36.7 Å². The summed E-state index contributed by atoms with van der Waals surface area (Å²) >= 11 is 0. The minimum atomic E-state index is -0.211. The number of amides is 1. The van der Waals surface area contributed by atoms with E-state index in [0.29, 0.717) is 0 Å². The summed E-state index contributed by atoms with van der Waals surface area (Å²) in [4.78, 5) is 16.1. The second kappa shape index (κ2) is 5.19. The highest BCUT2D eigenvalue weighted by Gasteiger charge is 2.33. The van der Waals surface area contributed by atoms with Gasteiger partial charge in [-0.2, -0.15) is 0 Å². The number of nitrogens with zero attached hydrogens (tertiary/aromatic N) is 1. The summed E-state index contributed by atoms with van der Waals surface area (Å²) in [7, 11) is 0. The van der Waals surface area contributed by atoms with E-state index < -0.39 is 0 Å². The third-order valence-corrected chi connectivity index (χ3v) is 3.51. The Morgan fingerprint density at radius 3 is 3.05 bits per heavy atom. The molecule has 0 spiro atoms. The van der Waals surface area contributed by atoms with E-state index in [1.807, 2.05) is 31.2 Å². The van der Waals surface area contributed by atoms with Crippen molar-refractivity contribution in [1.29, 1.82) is 0 Å². The lowest BCUT2D eigenvalue weighted by Crippen LogP contribution is -2.59. The molecule has 0 atom stereocenters. The molecule has 1 aromatic carbocycles. The summed E-state index contributed by atoms with van der Waals surface area (Å²) in [6, 6.07) is 7.69. The number of aromatic nitrogens is 1. The van der Waals surface area contributed by atoms with Crippen molar-refractivity contribution in [3.63, 3.8) is 0 Å². The second-order valence-corrected chi connectivity index (χ2v) is 5.29. The largest absolute Gasteiger partial charge is 0.363 e. The Labute approximate surface area is 117 Å². The lowest BCUT2D eigenvalue weighted by atomic mass is 10.0. The van der Waals surface area contributed by atoms with Crippen LogP contribution >= 0.6 is 0 Å². The molecule has 0 radical (unpaired) electrons. The highest BCUT2D eigenvalue weighted by Crippen LogP contribution is 2.22. The van der Waals surface area contributed by atoms with E-state index in [1.54, 1.807) is 12.4 Å². The van der Waals surface area contributed by atoms with Gasteiger partial charge in [-0.1, -0.05) is 12.1 Å². The first-order valence-corrected chi connectivity index (χ1v) is 6.64. The molecule has 2 heterocycles. The monoisotopic (exact) mass is 271 g/mol. The molecule has 20 heavy (non-hydrogen) atoms. The Morgan fingerprint density at radius 2 is 2.30 bits per heavy atom. The van der Waals surface area contributed by atoms with Crippen LogP contribution in [0.2, 0.25) is 0 Å². The fourth-order valence-electron chi connectivity index (χ4n) is 2.23. The summed E-state index contributed by atoms with van der Waals surface area (Å²) in [6.45, 7) is 3.64. The Kier molecular flexibility index (Phi) is 3.38. The highest BCUT2D eigenvalue weighted by atomic mass is 16.5. The van der Waals surface area contributed by atoms with Crippen LogP contribution in [0.4, 0.5) is 5.69 Å². The summed E-state index contributed by atoms with van der Waals surface area (Å²) in [5.41, 5.74) is 0.554. The van der Waals surface area contributed by atoms with Gasteiger partial charge in [0, 0.05) is 30.9 Å². The van der Waals surface area contributed by atoms with E-state index >= 15 is 0 Å². The first-order chi connectivity index (χ1) is 9.66. The third kappa shape index (κ3) is 2.64. The van der Waals surface area contributed by atoms with E-state index in [1.165, 1.54) is 0 Å². The molecule has 5 heteroatoms. The van der Waals surface area contributed by atoms with Crippen LogP contribution in [0.5, 0.6) is 0 Å². The molecular weight excluding hydrogens is 254 g/mol. The molecule has 0 saturated carbocycles. The molecule has 1 aliphatic rings. The van der Waals surface area contributed by atoms with Gasteiger partial charge in [0.2, 0.25) is 5.91 Å². The van der Waals surface area contributed by atoms with Gasteiger partial charge >= 0.3 is 0 Å². The SMILES string of the molecule is CC1(OCC(=O)Nc2cccc3ccncc23)CNC1. The zero-order valence-corrected chi connectivity index (χ0v) is 11.3. The van der Waals surface area contributed by atoms with Gasteiger partial charge in [-0.15, -0.1) is 0 Å². The molecule has 1 amide bonds. The van der Waals surface area contributed by atoms with Gasteiger partial charge in [0.25, 0.3) is 0 Å². The minimum Gasteiger partial charge on any atom is -0.363 e. The number of fused-ring (bicyclic) bond motifs is 1. The lowest BCUT2D eigenvalue weighted by molar-refractivity contribution is -0.130. The van der Waals surface area contributed by atoms with Crippen molar-refractivity contribution in [2.24, 2.45) is 0 Å². The fraction of sp³-hybridized carbons (Fsp3) is 0.333. The second-order valence-electron chi connectivity index (χ2n) is 5.29. The Morgan fingerprint density at radius 1 is 1.45 bits per heavy atom. The molecule has 0 bridgehead atoms. The predicted molar refractivity (Wildman–Crippen MR) is 77.6 cm³/mol. The maximum absolute atomic E-state index is 12.0. The van der Waals surface area contributed by atoms with Gasteiger partial charge in [0.15, 0.2) is 0 Å². The van der Waals surface area contributed by atoms with Gasteiger partial charge in [0.1, 0.15) is 6.61 Å². The number of benzene rings is 1. The van der Waals surface area contributed by atoms with E-state index in [9.17, 15) is 4.79 Å². The third-order valence-electron chi connectivity index (χ3n) is 3.51. The van der Waals surface area contributed by atoms with Gasteiger partial charge in [0.05, 0.1) is 11.3 Å². The maximum Gasteiger partial charge on any atom is 0.250 e. The summed E-state index contributed by atoms with van der Waals surface area (Å²) < 4.78 is 5.62. The molecule has 104 valence electrons. The number of carbonyl (C=O) groups is 1. The molecule has 5 nitrogen and oxygen atoms in total. The van der Waals surface area contributed by atoms with Crippen LogP contribution in [0.1, 0.15) is 6.92 Å². The number of pyridine rings is 1. The lowest BCUT2D eigenvalue weighted by Gasteiger charge is -2.38. The maximum atomic E-state index is 12.0. The Balaban J connectivity index is 1.68. The van der Waals surface area contributed by atoms with E-state index in [0.717, 1.165) is 29.5 Å². The van der Waals surface area contributed by atoms with Crippen LogP contribution < -0.4 is 10.6 Å². The zero-order chi connectivity index (χ0) is 14.0. The first-order valence-electron chi connectivity index (χ1n) is 6.64. The van der Waals surface area contributed by atoms with Crippen molar-refractivity contribution >= 4 is 22.4 Å². The van der Waals surface area contributed by atoms with Crippen LogP contribution in [0.3, 0.4) is 0 Å². The summed E-state index contributed by atoms with van der Waals surface area (Å²) in [5.74, 6) is -0.144. The topological polar surface area (TPSA) is 63.2 Å². The quantitative estimate of drug-likeness (QED) is 0.885. The molecule has 0 unspecified atom stereocenters. The number of anilines is 1. The molecule has 2 aromatic rings. The molecule has 2 N–H and O–H groups in total. The van der Waals surface area contributed by atoms with Crippen LogP contribution in [-0.4, -0.2) is 36.2 Å². The van der Waals surface area contributed by atoms with Crippen LogP contribution in [0, 0.1) is 0 Å². The normalized spacial score (nSPS) is 16.6. The van der Waals surface area contributed by atoms with Crippen molar-refractivity contribution in [2.75, 3.05) is 25.0 Å². The molecule has 0 aliphatic carbocycles. The molecule has 1 saturated heterocycles. The van der Waals surface area contributed by atoms with E-state index in [-0.39, 0.29) is 18.1 Å². The summed E-state index contributed by atoms with van der Waals surface area (Å²) in [6.07, 6.45) is 3.49. The van der Waals surface area contributed by atoms with Crippen molar-refractivity contribution in [3.05, 3.63) is 36.7 Å². The van der Waals surface area contributed by atoms with Gasteiger partial charge in [-0.25, -0.2) is 0 Å². The van der Waals surface area contributed by atoms with Crippen molar-refractivity contribution in [2.45, 2.75) is 12.5 Å². The number of rotatable bonds is 4. The van der Waals surface area contributed by atoms with E-state index in [2.05, 4.69) is 15.6 Å². The zero-order valence-electron chi connectivity index (χ0n) is 11.3. The van der Waals surface area contributed by atoms with Crippen molar-refractivity contribution in [1.82, 2.24) is 10.3 Å². The van der Waals surface area contributed by atoms with Gasteiger partial charge in [-0.3, -0.25) is 9.78 Å². The predicted octanol–water partition coefficient (Wildman–Crippen LogP) is 1.55. The Bertz CT molecular complexity index is 633. The Hall–Kier alpha value is -1.98. The minimum absolute atomic E-state index is 0.0643. The molecular formula is C15H17N3O2. The number of nitrogens with one attached hydrogen (secondary N) is 2. The van der Waals surface area contributed by atoms with Crippen LogP contribution in [0.25, 0.3) is 10.8 Å². The highest BCUT2D eigenvalue weighted by molar-refractivity contribution is 6.02. The molecule has 1 fully saturated rings. The average Bonchev–Trinajstić information content (AvgIpc) is 2.43. The number of carbonyl (C=O) groups excluding carboxylic acids is 1. The molecule has 1 aliphatic heterocycles. The standard InChI is InChI=1S/C15H17N3O2/c1-15(9-17-10-15)20-8-14(19)18-13-4-2-3-11-5-6-16-7-12(11)13/h2-7,17H,8-10H2,1H3,(H,18,19). The van der Waals surface area contributed by atoms with E-state index in [4.69, 9.17) is 4.74 Å². The first kappa shape index (κ1) is 13.0. The van der Waals surface area contributed by atoms with Crippen molar-refractivity contribution < 1.29 is 9.53 Å². The average molecular weight is 271 g/mol. The van der Waals surface area contributed by atoms with Gasteiger partial charge in [-0.05, 0) is 24.4 Å². The molecule has 1 aromatic heterocycles. The number of ether oxygens (including phenoxy) is 1. The van der Waals surface area contributed by atoms with Gasteiger partial charge < -0.3 is 15.4 Å². The van der Waals surface area contributed by atoms with Crippen LogP contribution in [-0.2, 0) is 9.53 Å². The number of hydrogen-bond donors (Lipinski definition) is 2. The summed E-state index contributed by atoms with van der Waals surface area (Å²) in [5, 5.41) is 8.00. The fourth-order valence-corrected chi connectivity index (χ4v) is 2.23. The van der Waals surface area contributed by atoms with Crippen molar-refractivity contribution in [3.8, 4) is 0 Å². The smallest absolute Gasteiger partial charge is 0.250 e. The molecule has 3 rings (SSSR count).